The lowest BCUT2D eigenvalue weighted by molar-refractivity contribution is 0.337. The van der Waals surface area contributed by atoms with E-state index in [9.17, 15) is 0 Å². The van der Waals surface area contributed by atoms with E-state index in [0.29, 0.717) is 11.2 Å². The fourth-order valence-corrected chi connectivity index (χ4v) is 2.78. The normalized spacial score (nSPS) is 21.9. The highest BCUT2D eigenvalue weighted by Crippen LogP contribution is 2.26. The summed E-state index contributed by atoms with van der Waals surface area (Å²) in [6.07, 6.45) is 1.15. The van der Waals surface area contributed by atoms with Crippen molar-refractivity contribution in [3.63, 3.8) is 0 Å². The van der Waals surface area contributed by atoms with Crippen molar-refractivity contribution in [2.24, 2.45) is 0 Å². The second-order valence-electron chi connectivity index (χ2n) is 6.78. The molecule has 1 aromatic rings. The van der Waals surface area contributed by atoms with Crippen LogP contribution in [0.3, 0.4) is 0 Å². The average molecular weight is 297 g/mol. The smallest absolute Gasteiger partial charge is 0.137 e. The third kappa shape index (κ3) is 3.61. The Hall–Kier alpha value is -0.870. The van der Waals surface area contributed by atoms with E-state index in [1.165, 1.54) is 0 Å². The average Bonchev–Trinajstić information content (AvgIpc) is 2.48. The van der Waals surface area contributed by atoms with Crippen LogP contribution in [0.2, 0.25) is 5.15 Å². The fourth-order valence-electron chi connectivity index (χ4n) is 2.60. The monoisotopic (exact) mass is 296 g/mol. The van der Waals surface area contributed by atoms with Gasteiger partial charge in [-0.05, 0) is 26.9 Å². The molecular formula is C15H25ClN4. The molecule has 0 spiro atoms. The zero-order valence-corrected chi connectivity index (χ0v) is 13.9. The summed E-state index contributed by atoms with van der Waals surface area (Å²) in [6, 6.07) is 2.32. The quantitative estimate of drug-likeness (QED) is 0.746. The van der Waals surface area contributed by atoms with Crippen molar-refractivity contribution in [1.29, 1.82) is 0 Å². The van der Waals surface area contributed by atoms with Crippen molar-refractivity contribution in [3.05, 3.63) is 17.0 Å². The Kier molecular flexibility index (Phi) is 4.55. The van der Waals surface area contributed by atoms with E-state index < -0.39 is 0 Å². The predicted molar refractivity (Wildman–Crippen MR) is 84.7 cm³/mol. The zero-order valence-electron chi connectivity index (χ0n) is 13.1. The van der Waals surface area contributed by atoms with Crippen molar-refractivity contribution in [3.8, 4) is 0 Å². The van der Waals surface area contributed by atoms with Crippen LogP contribution in [-0.2, 0) is 5.41 Å². The van der Waals surface area contributed by atoms with Gasteiger partial charge in [-0.1, -0.05) is 32.4 Å². The second-order valence-corrected chi connectivity index (χ2v) is 7.17. The maximum absolute atomic E-state index is 6.20. The Morgan fingerprint density at radius 1 is 1.25 bits per heavy atom. The van der Waals surface area contributed by atoms with Crippen LogP contribution in [0.25, 0.3) is 0 Å². The minimum Gasteiger partial charge on any atom is -0.352 e. The van der Waals surface area contributed by atoms with Gasteiger partial charge in [-0.2, -0.15) is 0 Å². The molecule has 112 valence electrons. The van der Waals surface area contributed by atoms with Gasteiger partial charge in [-0.3, -0.25) is 0 Å². The summed E-state index contributed by atoms with van der Waals surface area (Å²) in [5.74, 6) is 1.77. The maximum Gasteiger partial charge on any atom is 0.137 e. The second kappa shape index (κ2) is 5.86. The molecule has 2 rings (SSSR count). The molecule has 20 heavy (non-hydrogen) atoms. The molecule has 1 aromatic heterocycles. The van der Waals surface area contributed by atoms with Crippen molar-refractivity contribution in [1.82, 2.24) is 14.9 Å². The summed E-state index contributed by atoms with van der Waals surface area (Å²) < 4.78 is 0. The number of aromatic nitrogens is 2. The molecule has 0 radical (unpaired) electrons. The van der Waals surface area contributed by atoms with Crippen LogP contribution in [-0.4, -0.2) is 47.6 Å². The molecule has 0 saturated carbocycles. The molecule has 1 aliphatic heterocycles. The van der Waals surface area contributed by atoms with Crippen LogP contribution in [0.15, 0.2) is 6.07 Å². The van der Waals surface area contributed by atoms with Crippen LogP contribution in [0.1, 0.15) is 39.9 Å². The van der Waals surface area contributed by atoms with Gasteiger partial charge in [0, 0.05) is 30.6 Å². The van der Waals surface area contributed by atoms with Gasteiger partial charge in [-0.25, -0.2) is 9.97 Å². The molecule has 1 saturated heterocycles. The lowest BCUT2D eigenvalue weighted by atomic mass is 9.96. The molecule has 1 aliphatic rings. The highest BCUT2D eigenvalue weighted by atomic mass is 35.5. The van der Waals surface area contributed by atoms with E-state index in [0.717, 1.165) is 37.7 Å². The van der Waals surface area contributed by atoms with E-state index in [1.807, 2.05) is 6.07 Å². The molecule has 0 N–H and O–H groups in total. The molecule has 4 nitrogen and oxygen atoms in total. The van der Waals surface area contributed by atoms with Crippen LogP contribution in [0.4, 0.5) is 5.82 Å². The first-order valence-electron chi connectivity index (χ1n) is 7.27. The fraction of sp³-hybridized carbons (Fsp3) is 0.733. The van der Waals surface area contributed by atoms with E-state index in [2.05, 4.69) is 49.5 Å². The number of nitrogens with zero attached hydrogens (tertiary/aromatic N) is 4. The van der Waals surface area contributed by atoms with Crippen molar-refractivity contribution >= 4 is 17.4 Å². The molecule has 1 fully saturated rings. The summed E-state index contributed by atoms with van der Waals surface area (Å²) >= 11 is 6.20. The van der Waals surface area contributed by atoms with Gasteiger partial charge in [0.1, 0.15) is 16.8 Å². The minimum atomic E-state index is -0.0917. The van der Waals surface area contributed by atoms with Crippen LogP contribution in [0, 0.1) is 0 Å². The first kappa shape index (κ1) is 15.5. The molecule has 0 aliphatic carbocycles. The van der Waals surface area contributed by atoms with Gasteiger partial charge in [0.2, 0.25) is 0 Å². The van der Waals surface area contributed by atoms with Crippen molar-refractivity contribution in [2.75, 3.05) is 31.6 Å². The van der Waals surface area contributed by atoms with E-state index in [4.69, 9.17) is 16.6 Å². The minimum absolute atomic E-state index is 0.0917. The molecule has 0 aromatic carbocycles. The number of halogens is 1. The van der Waals surface area contributed by atoms with E-state index in [1.54, 1.807) is 0 Å². The largest absolute Gasteiger partial charge is 0.352 e. The van der Waals surface area contributed by atoms with E-state index in [-0.39, 0.29) is 5.41 Å². The number of likely N-dealkylation sites (N-methyl/N-ethyl adjacent to an activating group) is 1. The zero-order chi connectivity index (χ0) is 14.9. The third-order valence-electron chi connectivity index (χ3n) is 3.69. The number of rotatable bonds is 1. The standard InChI is InChI=1S/C15H25ClN4/c1-11-10-19(5)7-6-8-20(11)13-9-12(16)17-14(18-13)15(2,3)4/h9,11H,6-8,10H2,1-5H3. The number of hydrogen-bond donors (Lipinski definition) is 0. The van der Waals surface area contributed by atoms with Gasteiger partial charge in [0.25, 0.3) is 0 Å². The van der Waals surface area contributed by atoms with Crippen molar-refractivity contribution < 1.29 is 0 Å². The van der Waals surface area contributed by atoms with Crippen molar-refractivity contribution in [2.45, 2.75) is 45.6 Å². The lowest BCUT2D eigenvalue weighted by Gasteiger charge is -2.30. The maximum atomic E-state index is 6.20. The van der Waals surface area contributed by atoms with Gasteiger partial charge in [0.15, 0.2) is 0 Å². The van der Waals surface area contributed by atoms with Gasteiger partial charge >= 0.3 is 0 Å². The predicted octanol–water partition coefficient (Wildman–Crippen LogP) is 2.96. The Morgan fingerprint density at radius 2 is 1.95 bits per heavy atom. The Balaban J connectivity index is 2.34. The first-order valence-corrected chi connectivity index (χ1v) is 7.65. The summed E-state index contributed by atoms with van der Waals surface area (Å²) in [5.41, 5.74) is -0.0917. The molecule has 0 amide bonds. The highest BCUT2D eigenvalue weighted by molar-refractivity contribution is 6.29. The van der Waals surface area contributed by atoms with Crippen LogP contribution in [0.5, 0.6) is 0 Å². The third-order valence-corrected chi connectivity index (χ3v) is 3.89. The molecule has 2 heterocycles. The highest BCUT2D eigenvalue weighted by Gasteiger charge is 2.24. The summed E-state index contributed by atoms with van der Waals surface area (Å²) in [6.45, 7) is 11.8. The molecule has 1 unspecified atom stereocenters. The molecule has 0 bridgehead atoms. The Bertz CT molecular complexity index is 469. The van der Waals surface area contributed by atoms with Gasteiger partial charge in [-0.15, -0.1) is 0 Å². The topological polar surface area (TPSA) is 32.3 Å². The van der Waals surface area contributed by atoms with Gasteiger partial charge in [0.05, 0.1) is 0 Å². The Labute approximate surface area is 127 Å². The number of hydrogen-bond acceptors (Lipinski definition) is 4. The summed E-state index contributed by atoms with van der Waals surface area (Å²) in [4.78, 5) is 13.9. The molecule has 5 heteroatoms. The summed E-state index contributed by atoms with van der Waals surface area (Å²) in [7, 11) is 2.17. The molecule has 1 atom stereocenters. The SMILES string of the molecule is CC1CN(C)CCCN1c1cc(Cl)nc(C(C)(C)C)n1. The first-order chi connectivity index (χ1) is 9.27. The lowest BCUT2D eigenvalue weighted by Crippen LogP contribution is -2.38. The summed E-state index contributed by atoms with van der Waals surface area (Å²) in [5, 5.41) is 0.532. The Morgan fingerprint density at radius 3 is 2.60 bits per heavy atom. The van der Waals surface area contributed by atoms with Gasteiger partial charge < -0.3 is 9.80 Å². The molecular weight excluding hydrogens is 272 g/mol. The number of anilines is 1. The van der Waals surface area contributed by atoms with Crippen LogP contribution >= 0.6 is 11.6 Å². The van der Waals surface area contributed by atoms with Crippen LogP contribution < -0.4 is 4.90 Å². The van der Waals surface area contributed by atoms with E-state index >= 15 is 0 Å².